The van der Waals surface area contributed by atoms with Gasteiger partial charge in [0.2, 0.25) is 5.95 Å². The lowest BCUT2D eigenvalue weighted by Gasteiger charge is -2.16. The molecule has 2 rings (SSSR count). The lowest BCUT2D eigenvalue weighted by atomic mass is 10.3. The van der Waals surface area contributed by atoms with Crippen LogP contribution >= 0.6 is 0 Å². The number of rotatable bonds is 2. The van der Waals surface area contributed by atoms with E-state index in [2.05, 4.69) is 9.97 Å². The number of nitrogens with zero attached hydrogens (tertiary/aromatic N) is 4. The van der Waals surface area contributed by atoms with E-state index in [1.54, 1.807) is 24.1 Å². The van der Waals surface area contributed by atoms with Crippen molar-refractivity contribution < 1.29 is 4.39 Å². The molecule has 4 nitrogen and oxygen atoms in total. The molecule has 0 unspecified atom stereocenters. The van der Waals surface area contributed by atoms with Gasteiger partial charge in [-0.25, -0.2) is 14.4 Å². The predicted octanol–water partition coefficient (Wildman–Crippen LogP) is 2.26. The Morgan fingerprint density at radius 3 is 2.88 bits per heavy atom. The van der Waals surface area contributed by atoms with Crippen LogP contribution in [0.2, 0.25) is 0 Å². The summed E-state index contributed by atoms with van der Waals surface area (Å²) in [5.41, 5.74) is 0.901. The molecule has 0 bridgehead atoms. The van der Waals surface area contributed by atoms with Crippen molar-refractivity contribution in [3.05, 3.63) is 48.0 Å². The molecule has 0 spiro atoms. The zero-order valence-corrected chi connectivity index (χ0v) is 9.13. The minimum Gasteiger partial charge on any atom is -0.313 e. The van der Waals surface area contributed by atoms with Crippen molar-refractivity contribution in [2.45, 2.75) is 0 Å². The lowest BCUT2D eigenvalue weighted by Crippen LogP contribution is -2.13. The quantitative estimate of drug-likeness (QED) is 0.791. The highest BCUT2D eigenvalue weighted by atomic mass is 19.1. The number of hydrogen-bond donors (Lipinski definition) is 0. The number of nitriles is 1. The monoisotopic (exact) mass is 228 g/mol. The number of anilines is 2. The van der Waals surface area contributed by atoms with Gasteiger partial charge in [-0.3, -0.25) is 0 Å². The first-order valence-electron chi connectivity index (χ1n) is 4.93. The van der Waals surface area contributed by atoms with Crippen LogP contribution < -0.4 is 4.90 Å². The first-order chi connectivity index (χ1) is 8.20. The molecule has 1 aromatic carbocycles. The highest BCUT2D eigenvalue weighted by molar-refractivity contribution is 5.56. The third kappa shape index (κ3) is 2.37. The minimum atomic E-state index is -0.328. The molecule has 0 N–H and O–H groups in total. The Kier molecular flexibility index (Phi) is 2.97. The summed E-state index contributed by atoms with van der Waals surface area (Å²) in [7, 11) is 1.71. The van der Waals surface area contributed by atoms with Gasteiger partial charge in [0.25, 0.3) is 0 Å². The number of benzene rings is 1. The summed E-state index contributed by atoms with van der Waals surface area (Å²) in [6.07, 6.45) is 1.50. The molecule has 84 valence electrons. The second-order valence-corrected chi connectivity index (χ2v) is 3.39. The smallest absolute Gasteiger partial charge is 0.230 e. The van der Waals surface area contributed by atoms with Crippen molar-refractivity contribution >= 4 is 11.6 Å². The maximum atomic E-state index is 13.1. The average molecular weight is 228 g/mol. The van der Waals surface area contributed by atoms with Crippen LogP contribution in [-0.4, -0.2) is 17.0 Å². The molecule has 0 fully saturated rings. The molecule has 5 heteroatoms. The molecular formula is C12H9FN4. The van der Waals surface area contributed by atoms with Gasteiger partial charge in [0.15, 0.2) is 0 Å². The molecule has 0 aliphatic carbocycles. The van der Waals surface area contributed by atoms with E-state index in [9.17, 15) is 4.39 Å². The molecule has 17 heavy (non-hydrogen) atoms. The Hall–Kier alpha value is -2.48. The molecule has 0 aliphatic rings. The molecule has 0 amide bonds. The van der Waals surface area contributed by atoms with E-state index in [4.69, 9.17) is 5.26 Å². The molecule has 0 saturated heterocycles. The molecule has 0 aliphatic heterocycles. The third-order valence-electron chi connectivity index (χ3n) is 2.25. The van der Waals surface area contributed by atoms with Crippen LogP contribution in [0.3, 0.4) is 0 Å². The zero-order chi connectivity index (χ0) is 12.3. The normalized spacial score (nSPS) is 9.71. The Bertz CT molecular complexity index is 577. The van der Waals surface area contributed by atoms with Crippen LogP contribution in [0, 0.1) is 17.1 Å². The highest BCUT2D eigenvalue weighted by Gasteiger charge is 2.08. The molecule has 1 aromatic heterocycles. The molecule has 0 saturated carbocycles. The van der Waals surface area contributed by atoms with Gasteiger partial charge in [0.05, 0.1) is 0 Å². The van der Waals surface area contributed by atoms with E-state index in [0.29, 0.717) is 11.6 Å². The summed E-state index contributed by atoms with van der Waals surface area (Å²) in [5.74, 6) is 0.0282. The van der Waals surface area contributed by atoms with E-state index >= 15 is 0 Å². The van der Waals surface area contributed by atoms with Gasteiger partial charge in [-0.2, -0.15) is 5.26 Å². The number of hydrogen-bond acceptors (Lipinski definition) is 4. The predicted molar refractivity (Wildman–Crippen MR) is 61.2 cm³/mol. The van der Waals surface area contributed by atoms with Gasteiger partial charge in [0.1, 0.15) is 17.6 Å². The van der Waals surface area contributed by atoms with Gasteiger partial charge < -0.3 is 4.90 Å². The lowest BCUT2D eigenvalue weighted by molar-refractivity contribution is 0.628. The summed E-state index contributed by atoms with van der Waals surface area (Å²) in [6, 6.07) is 9.54. The van der Waals surface area contributed by atoms with Crippen molar-refractivity contribution in [3.63, 3.8) is 0 Å². The average Bonchev–Trinajstić information content (AvgIpc) is 2.38. The van der Waals surface area contributed by atoms with Gasteiger partial charge in [-0.1, -0.05) is 6.07 Å². The van der Waals surface area contributed by atoms with E-state index in [0.717, 1.165) is 0 Å². The van der Waals surface area contributed by atoms with E-state index < -0.39 is 0 Å². The van der Waals surface area contributed by atoms with Crippen molar-refractivity contribution in [1.29, 1.82) is 5.26 Å². The fourth-order valence-corrected chi connectivity index (χ4v) is 1.37. The fraction of sp³-hybridized carbons (Fsp3) is 0.0833. The summed E-state index contributed by atoms with van der Waals surface area (Å²) in [4.78, 5) is 9.68. The van der Waals surface area contributed by atoms with E-state index in [1.807, 2.05) is 6.07 Å². The molecule has 0 atom stereocenters. The van der Waals surface area contributed by atoms with Gasteiger partial charge in [-0.15, -0.1) is 0 Å². The highest BCUT2D eigenvalue weighted by Crippen LogP contribution is 2.20. The molecule has 2 aromatic rings. The Balaban J connectivity index is 2.37. The zero-order valence-electron chi connectivity index (χ0n) is 9.13. The maximum absolute atomic E-state index is 13.1. The topological polar surface area (TPSA) is 52.8 Å². The number of aromatic nitrogens is 2. The standard InChI is InChI=1S/C12H9FN4/c1-17(11-4-2-3-9(13)7-11)12-15-6-5-10(8-14)16-12/h2-7H,1H3. The van der Waals surface area contributed by atoms with Crippen molar-refractivity contribution in [3.8, 4) is 6.07 Å². The summed E-state index contributed by atoms with van der Waals surface area (Å²) in [6.45, 7) is 0. The van der Waals surface area contributed by atoms with Crippen LogP contribution in [-0.2, 0) is 0 Å². The summed E-state index contributed by atoms with van der Waals surface area (Å²) in [5, 5.41) is 8.74. The second kappa shape index (κ2) is 4.58. The molecule has 1 heterocycles. The van der Waals surface area contributed by atoms with Crippen molar-refractivity contribution in [2.75, 3.05) is 11.9 Å². The van der Waals surface area contributed by atoms with Gasteiger partial charge in [0, 0.05) is 18.9 Å². The summed E-state index contributed by atoms with van der Waals surface area (Å²) >= 11 is 0. The fourth-order valence-electron chi connectivity index (χ4n) is 1.37. The Morgan fingerprint density at radius 2 is 2.18 bits per heavy atom. The Morgan fingerprint density at radius 1 is 1.35 bits per heavy atom. The largest absolute Gasteiger partial charge is 0.313 e. The van der Waals surface area contributed by atoms with Crippen molar-refractivity contribution in [1.82, 2.24) is 9.97 Å². The van der Waals surface area contributed by atoms with Gasteiger partial charge >= 0.3 is 0 Å². The first kappa shape index (κ1) is 11.0. The van der Waals surface area contributed by atoms with Crippen LogP contribution in [0.25, 0.3) is 0 Å². The number of halogens is 1. The Labute approximate surface area is 98.0 Å². The second-order valence-electron chi connectivity index (χ2n) is 3.39. The molecular weight excluding hydrogens is 219 g/mol. The van der Waals surface area contributed by atoms with E-state index in [1.165, 1.54) is 24.4 Å². The van der Waals surface area contributed by atoms with Crippen LogP contribution in [0.15, 0.2) is 36.5 Å². The van der Waals surface area contributed by atoms with Crippen molar-refractivity contribution in [2.24, 2.45) is 0 Å². The van der Waals surface area contributed by atoms with Crippen LogP contribution in [0.1, 0.15) is 5.69 Å². The summed E-state index contributed by atoms with van der Waals surface area (Å²) < 4.78 is 13.1. The molecule has 0 radical (unpaired) electrons. The SMILES string of the molecule is CN(c1cccc(F)c1)c1nccc(C#N)n1. The minimum absolute atomic E-state index is 0.276. The first-order valence-corrected chi connectivity index (χ1v) is 4.93. The third-order valence-corrected chi connectivity index (χ3v) is 2.25. The van der Waals surface area contributed by atoms with Crippen LogP contribution in [0.4, 0.5) is 16.0 Å². The van der Waals surface area contributed by atoms with Crippen LogP contribution in [0.5, 0.6) is 0 Å². The van der Waals surface area contributed by atoms with E-state index in [-0.39, 0.29) is 11.5 Å². The maximum Gasteiger partial charge on any atom is 0.230 e. The van der Waals surface area contributed by atoms with Gasteiger partial charge in [-0.05, 0) is 24.3 Å².